The molecule has 1 N–H and O–H groups in total. The molecule has 8 heteroatoms. The first-order chi connectivity index (χ1) is 9.22. The smallest absolute Gasteiger partial charge is 0.327 e. The SMILES string of the molecule is CCC(C(=O)O)N(c1ccc(OC)c(Cl)c1)S(C)(=O)=O. The minimum atomic E-state index is -3.76. The predicted octanol–water partition coefficient (Wildman–Crippen LogP) is 1.98. The van der Waals surface area contributed by atoms with Crippen LogP contribution < -0.4 is 9.04 Å². The number of aliphatic carboxylic acids is 1. The highest BCUT2D eigenvalue weighted by Crippen LogP contribution is 2.31. The number of benzene rings is 1. The lowest BCUT2D eigenvalue weighted by Crippen LogP contribution is -2.44. The molecular formula is C12H16ClNO5S. The van der Waals surface area contributed by atoms with Gasteiger partial charge in [0.25, 0.3) is 0 Å². The normalized spacial score (nSPS) is 12.8. The fourth-order valence-electron chi connectivity index (χ4n) is 1.84. The molecule has 0 aliphatic heterocycles. The van der Waals surface area contributed by atoms with Crippen molar-refractivity contribution in [2.45, 2.75) is 19.4 Å². The van der Waals surface area contributed by atoms with E-state index in [0.29, 0.717) is 5.75 Å². The van der Waals surface area contributed by atoms with Gasteiger partial charge in [0, 0.05) is 0 Å². The van der Waals surface area contributed by atoms with Crippen molar-refractivity contribution in [3.8, 4) is 5.75 Å². The number of hydrogen-bond donors (Lipinski definition) is 1. The van der Waals surface area contributed by atoms with Crippen LogP contribution in [0.2, 0.25) is 5.02 Å². The first-order valence-electron chi connectivity index (χ1n) is 5.78. The average Bonchev–Trinajstić information content (AvgIpc) is 2.33. The fraction of sp³-hybridized carbons (Fsp3) is 0.417. The molecule has 0 bridgehead atoms. The Morgan fingerprint density at radius 2 is 2.10 bits per heavy atom. The Labute approximate surface area is 123 Å². The number of hydrogen-bond acceptors (Lipinski definition) is 4. The van der Waals surface area contributed by atoms with Crippen LogP contribution in [0, 0.1) is 0 Å². The first kappa shape index (κ1) is 16.6. The van der Waals surface area contributed by atoms with E-state index in [9.17, 15) is 18.3 Å². The molecule has 0 fully saturated rings. The number of anilines is 1. The molecule has 0 saturated carbocycles. The van der Waals surface area contributed by atoms with Crippen LogP contribution in [0.15, 0.2) is 18.2 Å². The molecule has 1 rings (SSSR count). The number of ether oxygens (including phenoxy) is 1. The van der Waals surface area contributed by atoms with E-state index in [1.54, 1.807) is 6.92 Å². The lowest BCUT2D eigenvalue weighted by molar-refractivity contribution is -0.138. The zero-order valence-corrected chi connectivity index (χ0v) is 12.9. The van der Waals surface area contributed by atoms with Crippen molar-refractivity contribution in [1.82, 2.24) is 0 Å². The first-order valence-corrected chi connectivity index (χ1v) is 8.00. The van der Waals surface area contributed by atoms with E-state index in [1.165, 1.54) is 25.3 Å². The van der Waals surface area contributed by atoms with Crippen molar-refractivity contribution in [3.63, 3.8) is 0 Å². The monoisotopic (exact) mass is 321 g/mol. The Hall–Kier alpha value is -1.47. The summed E-state index contributed by atoms with van der Waals surface area (Å²) in [5.74, 6) is -0.836. The van der Waals surface area contributed by atoms with Crippen LogP contribution in [0.4, 0.5) is 5.69 Å². The van der Waals surface area contributed by atoms with Gasteiger partial charge in [-0.05, 0) is 24.6 Å². The number of methoxy groups -OCH3 is 1. The van der Waals surface area contributed by atoms with Gasteiger partial charge in [0.1, 0.15) is 11.8 Å². The van der Waals surface area contributed by atoms with E-state index in [0.717, 1.165) is 10.6 Å². The third-order valence-corrected chi connectivity index (χ3v) is 4.18. The Morgan fingerprint density at radius 1 is 1.50 bits per heavy atom. The summed E-state index contributed by atoms with van der Waals surface area (Å²) < 4.78 is 29.6. The molecule has 0 aliphatic carbocycles. The van der Waals surface area contributed by atoms with Gasteiger partial charge >= 0.3 is 5.97 Å². The molecule has 0 heterocycles. The highest BCUT2D eigenvalue weighted by Gasteiger charge is 2.31. The van der Waals surface area contributed by atoms with Crippen molar-refractivity contribution in [3.05, 3.63) is 23.2 Å². The second-order valence-electron chi connectivity index (χ2n) is 4.14. The molecule has 0 aromatic heterocycles. The quantitative estimate of drug-likeness (QED) is 0.866. The van der Waals surface area contributed by atoms with Gasteiger partial charge in [-0.1, -0.05) is 18.5 Å². The largest absolute Gasteiger partial charge is 0.495 e. The highest BCUT2D eigenvalue weighted by atomic mass is 35.5. The number of carboxylic acid groups (broad SMARTS) is 1. The van der Waals surface area contributed by atoms with Gasteiger partial charge in [-0.2, -0.15) is 0 Å². The van der Waals surface area contributed by atoms with Crippen LogP contribution in [-0.2, 0) is 14.8 Å². The Bertz CT molecular complexity index is 602. The number of rotatable bonds is 6. The summed E-state index contributed by atoms with van der Waals surface area (Å²) in [6, 6.07) is 3.13. The van der Waals surface area contributed by atoms with Crippen LogP contribution >= 0.6 is 11.6 Å². The summed E-state index contributed by atoms with van der Waals surface area (Å²) in [5, 5.41) is 9.38. The minimum Gasteiger partial charge on any atom is -0.495 e. The van der Waals surface area contributed by atoms with Crippen molar-refractivity contribution in [2.75, 3.05) is 17.7 Å². The van der Waals surface area contributed by atoms with E-state index in [4.69, 9.17) is 16.3 Å². The lowest BCUT2D eigenvalue weighted by atomic mass is 10.2. The molecule has 0 saturated heterocycles. The van der Waals surface area contributed by atoms with Gasteiger partial charge < -0.3 is 9.84 Å². The molecule has 0 amide bonds. The molecule has 1 aromatic carbocycles. The third kappa shape index (κ3) is 3.55. The molecule has 0 aliphatic rings. The van der Waals surface area contributed by atoms with E-state index in [1.807, 2.05) is 0 Å². The molecule has 1 aromatic rings. The Balaban J connectivity index is 3.39. The van der Waals surface area contributed by atoms with Gasteiger partial charge in [0.05, 0.1) is 24.1 Å². The maximum Gasteiger partial charge on any atom is 0.327 e. The second kappa shape index (κ2) is 6.32. The number of nitrogens with zero attached hydrogens (tertiary/aromatic N) is 1. The van der Waals surface area contributed by atoms with E-state index >= 15 is 0 Å². The van der Waals surface area contributed by atoms with E-state index in [-0.39, 0.29) is 17.1 Å². The van der Waals surface area contributed by atoms with Crippen LogP contribution in [-0.4, -0.2) is 38.9 Å². The van der Waals surface area contributed by atoms with Crippen LogP contribution in [0.3, 0.4) is 0 Å². The van der Waals surface area contributed by atoms with Crippen molar-refractivity contribution >= 4 is 33.3 Å². The molecule has 20 heavy (non-hydrogen) atoms. The number of sulfonamides is 1. The topological polar surface area (TPSA) is 83.9 Å². The standard InChI is InChI=1S/C12H16ClNO5S/c1-4-10(12(15)16)14(20(3,17)18)8-5-6-11(19-2)9(13)7-8/h5-7,10H,4H2,1-3H3,(H,15,16). The summed E-state index contributed by atoms with van der Waals surface area (Å²) in [5.41, 5.74) is 0.188. The zero-order valence-electron chi connectivity index (χ0n) is 11.3. The van der Waals surface area contributed by atoms with Crippen LogP contribution in [0.25, 0.3) is 0 Å². The van der Waals surface area contributed by atoms with Gasteiger partial charge in [-0.3, -0.25) is 4.31 Å². The van der Waals surface area contributed by atoms with Gasteiger partial charge in [-0.15, -0.1) is 0 Å². The van der Waals surface area contributed by atoms with Gasteiger partial charge in [0.15, 0.2) is 0 Å². The summed E-state index contributed by atoms with van der Waals surface area (Å²) in [6.45, 7) is 1.60. The molecule has 1 atom stereocenters. The number of carboxylic acids is 1. The van der Waals surface area contributed by atoms with Crippen molar-refractivity contribution in [1.29, 1.82) is 0 Å². The zero-order chi connectivity index (χ0) is 15.5. The van der Waals surface area contributed by atoms with E-state index in [2.05, 4.69) is 0 Å². The van der Waals surface area contributed by atoms with Gasteiger partial charge in [0.2, 0.25) is 10.0 Å². The average molecular weight is 322 g/mol. The maximum absolute atomic E-state index is 11.9. The third-order valence-electron chi connectivity index (χ3n) is 2.70. The van der Waals surface area contributed by atoms with Gasteiger partial charge in [-0.25, -0.2) is 13.2 Å². The van der Waals surface area contributed by atoms with E-state index < -0.39 is 22.0 Å². The van der Waals surface area contributed by atoms with Crippen molar-refractivity contribution in [2.24, 2.45) is 0 Å². The second-order valence-corrected chi connectivity index (χ2v) is 6.41. The lowest BCUT2D eigenvalue weighted by Gasteiger charge is -2.28. The summed E-state index contributed by atoms with van der Waals surface area (Å²) in [4.78, 5) is 11.2. The highest BCUT2D eigenvalue weighted by molar-refractivity contribution is 7.92. The van der Waals surface area contributed by atoms with Crippen molar-refractivity contribution < 1.29 is 23.1 Å². The maximum atomic E-state index is 11.9. The summed E-state index contributed by atoms with van der Waals surface area (Å²) in [6.07, 6.45) is 1.09. The summed E-state index contributed by atoms with van der Waals surface area (Å²) >= 11 is 5.96. The predicted molar refractivity (Wildman–Crippen MR) is 77.0 cm³/mol. The molecule has 0 radical (unpaired) electrons. The Morgan fingerprint density at radius 3 is 2.45 bits per heavy atom. The summed E-state index contributed by atoms with van der Waals surface area (Å²) in [7, 11) is -2.33. The molecule has 112 valence electrons. The Kier molecular flexibility index (Phi) is 5.24. The molecule has 0 spiro atoms. The number of carbonyl (C=O) groups is 1. The number of halogens is 1. The molecular weight excluding hydrogens is 306 g/mol. The minimum absolute atomic E-state index is 0.131. The fourth-order valence-corrected chi connectivity index (χ4v) is 3.29. The molecule has 6 nitrogen and oxygen atoms in total. The molecule has 1 unspecified atom stereocenters. The van der Waals surface area contributed by atoms with Crippen LogP contribution in [0.1, 0.15) is 13.3 Å². The van der Waals surface area contributed by atoms with Crippen LogP contribution in [0.5, 0.6) is 5.75 Å².